The van der Waals surface area contributed by atoms with Crippen molar-refractivity contribution in [3.63, 3.8) is 0 Å². The molecule has 0 aliphatic rings. The Morgan fingerprint density at radius 2 is 2.12 bits per heavy atom. The zero-order valence-electron chi connectivity index (χ0n) is 8.61. The van der Waals surface area contributed by atoms with Crippen LogP contribution in [0.5, 0.6) is 0 Å². The highest BCUT2D eigenvalue weighted by atomic mass is 35.5. The molecule has 0 bridgehead atoms. The quantitative estimate of drug-likeness (QED) is 0.898. The van der Waals surface area contributed by atoms with Crippen LogP contribution < -0.4 is 0 Å². The Balaban J connectivity index is 2.57. The second-order valence-electron chi connectivity index (χ2n) is 3.46. The van der Waals surface area contributed by atoms with Crippen molar-refractivity contribution in [1.82, 2.24) is 9.78 Å². The SMILES string of the molecule is Cn1cc(CO)c(-c2ccc(Cl)cc2Cl)n1. The summed E-state index contributed by atoms with van der Waals surface area (Å²) in [6.45, 7) is -0.0673. The molecule has 0 aliphatic carbocycles. The molecule has 5 heteroatoms. The number of rotatable bonds is 2. The van der Waals surface area contributed by atoms with Crippen LogP contribution >= 0.6 is 23.2 Å². The number of halogens is 2. The van der Waals surface area contributed by atoms with Crippen LogP contribution in [0.15, 0.2) is 24.4 Å². The van der Waals surface area contributed by atoms with Gasteiger partial charge in [0, 0.05) is 29.4 Å². The largest absolute Gasteiger partial charge is 0.392 e. The highest BCUT2D eigenvalue weighted by Gasteiger charge is 2.12. The van der Waals surface area contributed by atoms with Gasteiger partial charge in [-0.1, -0.05) is 23.2 Å². The van der Waals surface area contributed by atoms with Gasteiger partial charge in [0.15, 0.2) is 0 Å². The number of aryl methyl sites for hydroxylation is 1. The van der Waals surface area contributed by atoms with Crippen molar-refractivity contribution < 1.29 is 5.11 Å². The van der Waals surface area contributed by atoms with Gasteiger partial charge in [-0.3, -0.25) is 4.68 Å². The average Bonchev–Trinajstić information content (AvgIpc) is 2.59. The fraction of sp³-hybridized carbons (Fsp3) is 0.182. The summed E-state index contributed by atoms with van der Waals surface area (Å²) in [6.07, 6.45) is 1.76. The molecule has 84 valence electrons. The van der Waals surface area contributed by atoms with E-state index >= 15 is 0 Å². The van der Waals surface area contributed by atoms with Crippen molar-refractivity contribution in [3.8, 4) is 11.3 Å². The van der Waals surface area contributed by atoms with Gasteiger partial charge in [0.2, 0.25) is 0 Å². The van der Waals surface area contributed by atoms with Crippen LogP contribution in [0, 0.1) is 0 Å². The van der Waals surface area contributed by atoms with Gasteiger partial charge in [0.25, 0.3) is 0 Å². The second-order valence-corrected chi connectivity index (χ2v) is 4.30. The van der Waals surface area contributed by atoms with Crippen molar-refractivity contribution in [3.05, 3.63) is 40.0 Å². The zero-order valence-corrected chi connectivity index (χ0v) is 10.1. The van der Waals surface area contributed by atoms with Gasteiger partial charge in [-0.2, -0.15) is 5.10 Å². The van der Waals surface area contributed by atoms with E-state index in [0.29, 0.717) is 15.7 Å². The molecule has 1 heterocycles. The van der Waals surface area contributed by atoms with Gasteiger partial charge in [0.05, 0.1) is 17.3 Å². The van der Waals surface area contributed by atoms with E-state index in [4.69, 9.17) is 23.2 Å². The molecule has 0 fully saturated rings. The van der Waals surface area contributed by atoms with E-state index in [0.717, 1.165) is 11.1 Å². The molecule has 3 nitrogen and oxygen atoms in total. The van der Waals surface area contributed by atoms with Crippen LogP contribution in [-0.4, -0.2) is 14.9 Å². The van der Waals surface area contributed by atoms with Gasteiger partial charge < -0.3 is 5.11 Å². The van der Waals surface area contributed by atoms with Crippen molar-refractivity contribution >= 4 is 23.2 Å². The maximum atomic E-state index is 9.22. The molecule has 0 radical (unpaired) electrons. The summed E-state index contributed by atoms with van der Waals surface area (Å²) in [4.78, 5) is 0. The molecule has 2 aromatic rings. The van der Waals surface area contributed by atoms with Crippen molar-refractivity contribution in [2.45, 2.75) is 6.61 Å². The molecule has 16 heavy (non-hydrogen) atoms. The molecule has 0 amide bonds. The Labute approximate surface area is 103 Å². The topological polar surface area (TPSA) is 38.0 Å². The summed E-state index contributed by atoms with van der Waals surface area (Å²) in [5.41, 5.74) is 2.20. The maximum absolute atomic E-state index is 9.22. The molecule has 0 atom stereocenters. The molecule has 2 rings (SSSR count). The first-order valence-corrected chi connectivity index (χ1v) is 5.46. The lowest BCUT2D eigenvalue weighted by atomic mass is 10.1. The van der Waals surface area contributed by atoms with Crippen molar-refractivity contribution in [2.75, 3.05) is 0 Å². The van der Waals surface area contributed by atoms with E-state index in [2.05, 4.69) is 5.10 Å². The van der Waals surface area contributed by atoms with Gasteiger partial charge in [0.1, 0.15) is 0 Å². The molecule has 1 aromatic heterocycles. The predicted molar refractivity (Wildman–Crippen MR) is 64.6 cm³/mol. The first-order chi connectivity index (χ1) is 7.61. The molecule has 1 N–H and O–H groups in total. The van der Waals surface area contributed by atoms with E-state index in [-0.39, 0.29) is 6.61 Å². The van der Waals surface area contributed by atoms with Crippen molar-refractivity contribution in [1.29, 1.82) is 0 Å². The van der Waals surface area contributed by atoms with E-state index < -0.39 is 0 Å². The van der Waals surface area contributed by atoms with E-state index in [1.165, 1.54) is 0 Å². The van der Waals surface area contributed by atoms with Crippen molar-refractivity contribution in [2.24, 2.45) is 7.05 Å². The number of aliphatic hydroxyl groups is 1. The lowest BCUT2D eigenvalue weighted by molar-refractivity contribution is 0.282. The lowest BCUT2D eigenvalue weighted by Crippen LogP contribution is -1.89. The highest BCUT2D eigenvalue weighted by molar-refractivity contribution is 6.36. The summed E-state index contributed by atoms with van der Waals surface area (Å²) in [5, 5.41) is 14.6. The monoisotopic (exact) mass is 256 g/mol. The molecule has 0 aliphatic heterocycles. The summed E-state index contributed by atoms with van der Waals surface area (Å²) >= 11 is 11.9. The first-order valence-electron chi connectivity index (χ1n) is 4.70. The van der Waals surface area contributed by atoms with Gasteiger partial charge in [-0.25, -0.2) is 0 Å². The van der Waals surface area contributed by atoms with E-state index in [9.17, 15) is 5.11 Å². The van der Waals surface area contributed by atoms with Gasteiger partial charge in [-0.15, -0.1) is 0 Å². The number of aliphatic hydroxyl groups excluding tert-OH is 1. The molecule has 0 saturated carbocycles. The predicted octanol–water partition coefficient (Wildman–Crippen LogP) is 2.89. The van der Waals surface area contributed by atoms with Crippen LogP contribution in [0.4, 0.5) is 0 Å². The molecule has 0 unspecified atom stereocenters. The third kappa shape index (κ3) is 2.07. The number of hydrogen-bond acceptors (Lipinski definition) is 2. The standard InChI is InChI=1S/C11H10Cl2N2O/c1-15-5-7(6-16)11(14-15)9-3-2-8(12)4-10(9)13/h2-5,16H,6H2,1H3. The minimum absolute atomic E-state index is 0.0673. The Morgan fingerprint density at radius 1 is 1.38 bits per heavy atom. The summed E-state index contributed by atoms with van der Waals surface area (Å²) in [7, 11) is 1.80. The molecule has 0 spiro atoms. The number of aromatic nitrogens is 2. The number of hydrogen-bond donors (Lipinski definition) is 1. The average molecular weight is 257 g/mol. The lowest BCUT2D eigenvalue weighted by Gasteiger charge is -2.03. The molecular weight excluding hydrogens is 247 g/mol. The fourth-order valence-corrected chi connectivity index (χ4v) is 2.06. The summed E-state index contributed by atoms with van der Waals surface area (Å²) in [6, 6.07) is 5.21. The Bertz CT molecular complexity index is 523. The Morgan fingerprint density at radius 3 is 2.75 bits per heavy atom. The van der Waals surface area contributed by atoms with Crippen LogP contribution in [0.3, 0.4) is 0 Å². The minimum atomic E-state index is -0.0673. The molecular formula is C11H10Cl2N2O. The van der Waals surface area contributed by atoms with Gasteiger partial charge >= 0.3 is 0 Å². The van der Waals surface area contributed by atoms with Crippen LogP contribution in [0.1, 0.15) is 5.56 Å². The first kappa shape index (κ1) is 11.5. The minimum Gasteiger partial charge on any atom is -0.392 e. The van der Waals surface area contributed by atoms with E-state index in [1.807, 2.05) is 0 Å². The molecule has 0 saturated heterocycles. The third-order valence-electron chi connectivity index (χ3n) is 2.26. The highest BCUT2D eigenvalue weighted by Crippen LogP contribution is 2.31. The van der Waals surface area contributed by atoms with Gasteiger partial charge in [-0.05, 0) is 18.2 Å². The maximum Gasteiger partial charge on any atom is 0.0993 e. The molecule has 1 aromatic carbocycles. The summed E-state index contributed by atoms with van der Waals surface area (Å²) in [5.74, 6) is 0. The second kappa shape index (κ2) is 4.45. The van der Waals surface area contributed by atoms with Crippen LogP contribution in [0.25, 0.3) is 11.3 Å². The number of nitrogens with zero attached hydrogens (tertiary/aromatic N) is 2. The Hall–Kier alpha value is -1.03. The fourth-order valence-electron chi connectivity index (χ4n) is 1.56. The van der Waals surface area contributed by atoms with Crippen LogP contribution in [0.2, 0.25) is 10.0 Å². The third-order valence-corrected chi connectivity index (χ3v) is 2.81. The number of benzene rings is 1. The van der Waals surface area contributed by atoms with Crippen LogP contribution in [-0.2, 0) is 13.7 Å². The zero-order chi connectivity index (χ0) is 11.7. The van der Waals surface area contributed by atoms with E-state index in [1.54, 1.807) is 36.1 Å². The normalized spacial score (nSPS) is 10.8. The summed E-state index contributed by atoms with van der Waals surface area (Å²) < 4.78 is 1.64. The smallest absolute Gasteiger partial charge is 0.0993 e. The Kier molecular flexibility index (Phi) is 3.19.